The Morgan fingerprint density at radius 1 is 1.17 bits per heavy atom. The van der Waals surface area contributed by atoms with Gasteiger partial charge in [-0.2, -0.15) is 0 Å². The molecule has 0 bridgehead atoms. The van der Waals surface area contributed by atoms with Gasteiger partial charge in [0, 0.05) is 37.7 Å². The van der Waals surface area contributed by atoms with Gasteiger partial charge >= 0.3 is 0 Å². The van der Waals surface area contributed by atoms with Crippen molar-refractivity contribution in [2.45, 2.75) is 45.2 Å². The summed E-state index contributed by atoms with van der Waals surface area (Å²) in [6.07, 6.45) is 5.53. The van der Waals surface area contributed by atoms with Gasteiger partial charge in [0.1, 0.15) is 11.3 Å². The number of benzene rings is 1. The first-order valence-corrected chi connectivity index (χ1v) is 10.7. The first kappa shape index (κ1) is 20.3. The number of likely N-dealkylation sites (tertiary alicyclic amines) is 1. The van der Waals surface area contributed by atoms with E-state index in [-0.39, 0.29) is 11.9 Å². The highest BCUT2D eigenvalue weighted by Crippen LogP contribution is 2.17. The number of aryl methyl sites for hydroxylation is 2. The molecule has 1 aromatic carbocycles. The van der Waals surface area contributed by atoms with Crippen molar-refractivity contribution in [1.29, 1.82) is 0 Å². The predicted octanol–water partition coefficient (Wildman–Crippen LogP) is 2.26. The van der Waals surface area contributed by atoms with Gasteiger partial charge in [-0.1, -0.05) is 25.1 Å². The lowest BCUT2D eigenvalue weighted by Crippen LogP contribution is -2.44. The Kier molecular flexibility index (Phi) is 6.23. The number of piperidine rings is 1. The van der Waals surface area contributed by atoms with Crippen LogP contribution in [0.4, 0.5) is 5.82 Å². The van der Waals surface area contributed by atoms with Crippen LogP contribution in [-0.4, -0.2) is 56.0 Å². The molecule has 8 nitrogen and oxygen atoms in total. The molecule has 0 saturated carbocycles. The zero-order valence-electron chi connectivity index (χ0n) is 17.4. The lowest BCUT2D eigenvalue weighted by Gasteiger charge is -2.32. The van der Waals surface area contributed by atoms with Crippen LogP contribution >= 0.6 is 0 Å². The van der Waals surface area contributed by atoms with Crippen molar-refractivity contribution >= 4 is 22.9 Å². The van der Waals surface area contributed by atoms with Gasteiger partial charge in [0.05, 0.1) is 6.33 Å². The van der Waals surface area contributed by atoms with E-state index < -0.39 is 0 Å². The first-order chi connectivity index (χ1) is 14.6. The fraction of sp³-hybridized carbons (Fsp3) is 0.455. The smallest absolute Gasteiger partial charge is 0.251 e. The molecule has 0 aliphatic carbocycles. The molecule has 0 atom stereocenters. The monoisotopic (exact) mass is 407 g/mol. The normalized spacial score (nSPS) is 15.5. The number of nitrogen functional groups attached to an aromatic ring is 1. The van der Waals surface area contributed by atoms with Gasteiger partial charge < -0.3 is 20.5 Å². The predicted molar refractivity (Wildman–Crippen MR) is 117 cm³/mol. The minimum Gasteiger partial charge on any atom is -0.382 e. The van der Waals surface area contributed by atoms with Gasteiger partial charge in [-0.3, -0.25) is 4.79 Å². The van der Waals surface area contributed by atoms with E-state index in [1.54, 1.807) is 6.33 Å². The molecule has 158 valence electrons. The van der Waals surface area contributed by atoms with E-state index in [0.29, 0.717) is 11.3 Å². The average Bonchev–Trinajstić information content (AvgIpc) is 3.19. The zero-order valence-corrected chi connectivity index (χ0v) is 17.4. The second-order valence-electron chi connectivity index (χ2n) is 7.80. The summed E-state index contributed by atoms with van der Waals surface area (Å²) in [5, 5.41) is 3.17. The quantitative estimate of drug-likeness (QED) is 0.623. The molecule has 3 N–H and O–H groups in total. The minimum atomic E-state index is 0.0220. The van der Waals surface area contributed by atoms with Crippen LogP contribution < -0.4 is 11.1 Å². The number of rotatable bonds is 7. The molecule has 4 rings (SSSR count). The number of hydrogen-bond donors (Lipinski definition) is 2. The molecule has 30 heavy (non-hydrogen) atoms. The standard InChI is InChI=1S/C22H29N7O/c1-2-18-26-20(23)19-21(27-18)29(15-24-19)12-6-11-28-13-9-17(10-14-28)25-22(30)16-7-4-3-5-8-16/h3-5,7-8,15,17H,2,6,9-14H2,1H3,(H,25,30)(H2,23,26,27). The second kappa shape index (κ2) is 9.21. The Hall–Kier alpha value is -3.00. The molecule has 0 spiro atoms. The van der Waals surface area contributed by atoms with Crippen molar-refractivity contribution in [2.24, 2.45) is 0 Å². The van der Waals surface area contributed by atoms with Crippen molar-refractivity contribution in [3.8, 4) is 0 Å². The van der Waals surface area contributed by atoms with Crippen molar-refractivity contribution < 1.29 is 4.79 Å². The fourth-order valence-corrected chi connectivity index (χ4v) is 3.96. The van der Waals surface area contributed by atoms with Crippen molar-refractivity contribution in [3.05, 3.63) is 48.0 Å². The van der Waals surface area contributed by atoms with E-state index in [9.17, 15) is 4.79 Å². The number of aromatic nitrogens is 4. The maximum Gasteiger partial charge on any atom is 0.251 e. The molecule has 1 aliphatic rings. The molecular formula is C22H29N7O. The average molecular weight is 408 g/mol. The minimum absolute atomic E-state index is 0.0220. The van der Waals surface area contributed by atoms with Crippen molar-refractivity contribution in [2.75, 3.05) is 25.4 Å². The molecule has 8 heteroatoms. The van der Waals surface area contributed by atoms with E-state index in [0.717, 1.165) is 68.9 Å². The van der Waals surface area contributed by atoms with Gasteiger partial charge in [0.15, 0.2) is 11.5 Å². The summed E-state index contributed by atoms with van der Waals surface area (Å²) in [4.78, 5) is 28.1. The molecular weight excluding hydrogens is 378 g/mol. The third-order valence-electron chi connectivity index (χ3n) is 5.69. The van der Waals surface area contributed by atoms with Crippen molar-refractivity contribution in [1.82, 2.24) is 29.7 Å². The summed E-state index contributed by atoms with van der Waals surface area (Å²) in [5.74, 6) is 1.23. The highest BCUT2D eigenvalue weighted by Gasteiger charge is 2.21. The number of imidazole rings is 1. The molecule has 3 heterocycles. The molecule has 0 radical (unpaired) electrons. The van der Waals surface area contributed by atoms with Crippen LogP contribution in [0.25, 0.3) is 11.2 Å². The number of fused-ring (bicyclic) bond motifs is 1. The lowest BCUT2D eigenvalue weighted by molar-refractivity contribution is 0.0910. The summed E-state index contributed by atoms with van der Waals surface area (Å²) in [6.45, 7) is 5.88. The number of carbonyl (C=O) groups excluding carboxylic acids is 1. The highest BCUT2D eigenvalue weighted by atomic mass is 16.1. The summed E-state index contributed by atoms with van der Waals surface area (Å²) < 4.78 is 2.07. The number of nitrogens with one attached hydrogen (secondary N) is 1. The van der Waals surface area contributed by atoms with Crippen LogP contribution in [-0.2, 0) is 13.0 Å². The van der Waals surface area contributed by atoms with Gasteiger partial charge in [0.25, 0.3) is 5.91 Å². The Balaban J connectivity index is 1.24. The van der Waals surface area contributed by atoms with E-state index in [4.69, 9.17) is 5.73 Å². The van der Waals surface area contributed by atoms with Crippen LogP contribution in [0.3, 0.4) is 0 Å². The summed E-state index contributed by atoms with van der Waals surface area (Å²) in [5.41, 5.74) is 8.24. The van der Waals surface area contributed by atoms with Gasteiger partial charge in [0.2, 0.25) is 0 Å². The molecule has 0 unspecified atom stereocenters. The first-order valence-electron chi connectivity index (χ1n) is 10.7. The maximum atomic E-state index is 12.3. The summed E-state index contributed by atoms with van der Waals surface area (Å²) in [6, 6.07) is 9.67. The Morgan fingerprint density at radius 2 is 1.93 bits per heavy atom. The third-order valence-corrected chi connectivity index (χ3v) is 5.69. The molecule has 3 aromatic rings. The van der Waals surface area contributed by atoms with E-state index in [1.165, 1.54) is 0 Å². The molecule has 1 amide bonds. The molecule has 2 aromatic heterocycles. The number of hydrogen-bond acceptors (Lipinski definition) is 6. The lowest BCUT2D eigenvalue weighted by atomic mass is 10.0. The number of anilines is 1. The molecule has 1 saturated heterocycles. The third kappa shape index (κ3) is 4.59. The van der Waals surface area contributed by atoms with Crippen LogP contribution in [0.1, 0.15) is 42.4 Å². The Bertz CT molecular complexity index is 993. The number of carbonyl (C=O) groups is 1. The van der Waals surface area contributed by atoms with Crippen LogP contribution in [0, 0.1) is 0 Å². The molecule has 1 aliphatic heterocycles. The van der Waals surface area contributed by atoms with Gasteiger partial charge in [-0.15, -0.1) is 0 Å². The largest absolute Gasteiger partial charge is 0.382 e. The molecule has 1 fully saturated rings. The number of amides is 1. The van der Waals surface area contributed by atoms with Crippen molar-refractivity contribution in [3.63, 3.8) is 0 Å². The van der Waals surface area contributed by atoms with Crippen LogP contribution in [0.2, 0.25) is 0 Å². The zero-order chi connectivity index (χ0) is 20.9. The maximum absolute atomic E-state index is 12.3. The van der Waals surface area contributed by atoms with Crippen LogP contribution in [0.5, 0.6) is 0 Å². The van der Waals surface area contributed by atoms with Gasteiger partial charge in [-0.05, 0) is 37.9 Å². The Labute approximate surface area is 176 Å². The summed E-state index contributed by atoms with van der Waals surface area (Å²) in [7, 11) is 0. The Morgan fingerprint density at radius 3 is 2.67 bits per heavy atom. The summed E-state index contributed by atoms with van der Waals surface area (Å²) >= 11 is 0. The van der Waals surface area contributed by atoms with E-state index in [2.05, 4.69) is 29.7 Å². The SMILES string of the molecule is CCc1nc(N)c2ncn(CCCN3CCC(NC(=O)c4ccccc4)CC3)c2n1. The van der Waals surface area contributed by atoms with E-state index >= 15 is 0 Å². The fourth-order valence-electron chi connectivity index (χ4n) is 3.96. The number of nitrogens with zero attached hydrogens (tertiary/aromatic N) is 5. The topological polar surface area (TPSA) is 102 Å². The number of nitrogens with two attached hydrogens (primary N) is 1. The second-order valence-corrected chi connectivity index (χ2v) is 7.80. The van der Waals surface area contributed by atoms with Crippen LogP contribution in [0.15, 0.2) is 36.7 Å². The van der Waals surface area contributed by atoms with E-state index in [1.807, 2.05) is 37.3 Å². The highest BCUT2D eigenvalue weighted by molar-refractivity contribution is 5.94. The van der Waals surface area contributed by atoms with Gasteiger partial charge in [-0.25, -0.2) is 15.0 Å².